The van der Waals surface area contributed by atoms with Crippen LogP contribution in [0.5, 0.6) is 0 Å². The molecular formula is C24H20FN3O3. The van der Waals surface area contributed by atoms with Crippen molar-refractivity contribution < 1.29 is 18.8 Å². The molecule has 3 aromatic carbocycles. The molecule has 4 rings (SSSR count). The molecule has 1 N–H and O–H groups in total. The molecule has 0 spiro atoms. The summed E-state index contributed by atoms with van der Waals surface area (Å²) < 4.78 is 13.0. The third-order valence-electron chi connectivity index (χ3n) is 5.00. The number of carbonyl (C=O) groups excluding carboxylic acids is 3. The molecule has 3 aromatic rings. The van der Waals surface area contributed by atoms with E-state index in [2.05, 4.69) is 5.32 Å². The summed E-state index contributed by atoms with van der Waals surface area (Å²) in [5, 5.41) is 2.69. The summed E-state index contributed by atoms with van der Waals surface area (Å²) in [7, 11) is 0. The maximum absolute atomic E-state index is 13.0. The van der Waals surface area contributed by atoms with Crippen LogP contribution in [0, 0.1) is 5.82 Å². The molecule has 0 atom stereocenters. The van der Waals surface area contributed by atoms with E-state index in [9.17, 15) is 18.8 Å². The third-order valence-corrected chi connectivity index (χ3v) is 5.00. The van der Waals surface area contributed by atoms with Gasteiger partial charge in [0.1, 0.15) is 12.4 Å². The zero-order chi connectivity index (χ0) is 21.8. The number of nitrogens with one attached hydrogen (secondary N) is 1. The van der Waals surface area contributed by atoms with Crippen LogP contribution in [-0.2, 0) is 17.9 Å². The molecule has 1 heterocycles. The summed E-state index contributed by atoms with van der Waals surface area (Å²) in [4.78, 5) is 40.1. The molecule has 0 aliphatic carbocycles. The number of hydrogen-bond acceptors (Lipinski definition) is 3. The van der Waals surface area contributed by atoms with Crippen molar-refractivity contribution in [2.45, 2.75) is 13.1 Å². The molecule has 0 unspecified atom stereocenters. The van der Waals surface area contributed by atoms with Crippen molar-refractivity contribution in [1.82, 2.24) is 9.80 Å². The van der Waals surface area contributed by atoms with Gasteiger partial charge in [-0.1, -0.05) is 42.5 Å². The van der Waals surface area contributed by atoms with E-state index < -0.39 is 0 Å². The van der Waals surface area contributed by atoms with E-state index in [-0.39, 0.29) is 36.8 Å². The molecule has 6 nitrogen and oxygen atoms in total. The number of benzene rings is 3. The number of carbonyl (C=O) groups is 3. The van der Waals surface area contributed by atoms with Gasteiger partial charge < -0.3 is 10.2 Å². The zero-order valence-corrected chi connectivity index (χ0v) is 16.6. The van der Waals surface area contributed by atoms with Gasteiger partial charge in [-0.15, -0.1) is 0 Å². The van der Waals surface area contributed by atoms with Crippen LogP contribution in [0.4, 0.5) is 14.9 Å². The molecule has 156 valence electrons. The first-order chi connectivity index (χ1) is 15.0. The molecule has 7 heteroatoms. The minimum Gasteiger partial charge on any atom is -0.322 e. The van der Waals surface area contributed by atoms with Crippen molar-refractivity contribution >= 4 is 23.5 Å². The number of urea groups is 1. The van der Waals surface area contributed by atoms with E-state index in [0.717, 1.165) is 11.1 Å². The summed E-state index contributed by atoms with van der Waals surface area (Å²) in [5.74, 6) is -0.963. The van der Waals surface area contributed by atoms with Crippen LogP contribution >= 0.6 is 0 Å². The van der Waals surface area contributed by atoms with Crippen LogP contribution < -0.4 is 5.32 Å². The van der Waals surface area contributed by atoms with Crippen molar-refractivity contribution in [2.24, 2.45) is 0 Å². The van der Waals surface area contributed by atoms with Crippen LogP contribution in [-0.4, -0.2) is 34.2 Å². The van der Waals surface area contributed by atoms with Crippen molar-refractivity contribution in [1.29, 1.82) is 0 Å². The third kappa shape index (κ3) is 4.78. The Hall–Kier alpha value is -4.00. The second-order valence-corrected chi connectivity index (χ2v) is 7.26. The summed E-state index contributed by atoms with van der Waals surface area (Å²) in [6.45, 7) is 0.569. The minimum absolute atomic E-state index is 0.0475. The van der Waals surface area contributed by atoms with E-state index in [1.165, 1.54) is 34.1 Å². The zero-order valence-electron chi connectivity index (χ0n) is 16.6. The minimum atomic E-state index is -0.379. The van der Waals surface area contributed by atoms with Crippen LogP contribution in [0.1, 0.15) is 21.5 Å². The number of rotatable bonds is 6. The Morgan fingerprint density at radius 2 is 1.48 bits per heavy atom. The molecule has 1 saturated heterocycles. The molecule has 1 aliphatic heterocycles. The number of amides is 4. The molecular weight excluding hydrogens is 397 g/mol. The number of hydrogen-bond donors (Lipinski definition) is 1. The van der Waals surface area contributed by atoms with Gasteiger partial charge in [0.2, 0.25) is 0 Å². The standard InChI is InChI=1S/C24H20FN3O3/c25-20-10-12-21(13-11-20)26-23(30)19-8-6-18(7-9-19)15-28-22(29)16-27(24(28)31)14-17-4-2-1-3-5-17/h1-13H,14-16H2,(H,26,30). The smallest absolute Gasteiger partial charge is 0.322 e. The summed E-state index contributed by atoms with van der Waals surface area (Å²) in [6, 6.07) is 21.3. The van der Waals surface area contributed by atoms with Gasteiger partial charge in [0.05, 0.1) is 6.54 Å². The highest BCUT2D eigenvalue weighted by molar-refractivity contribution is 6.04. The largest absolute Gasteiger partial charge is 0.327 e. The molecule has 1 fully saturated rings. The Morgan fingerprint density at radius 1 is 0.839 bits per heavy atom. The molecule has 0 aromatic heterocycles. The fraction of sp³-hybridized carbons (Fsp3) is 0.125. The Balaban J connectivity index is 1.38. The number of nitrogens with zero attached hydrogens (tertiary/aromatic N) is 2. The highest BCUT2D eigenvalue weighted by Crippen LogP contribution is 2.18. The highest BCUT2D eigenvalue weighted by Gasteiger charge is 2.35. The van der Waals surface area contributed by atoms with Gasteiger partial charge in [-0.05, 0) is 47.5 Å². The van der Waals surface area contributed by atoms with Crippen molar-refractivity contribution in [3.05, 3.63) is 101 Å². The lowest BCUT2D eigenvalue weighted by Crippen LogP contribution is -2.32. The van der Waals surface area contributed by atoms with Crippen molar-refractivity contribution in [3.8, 4) is 0 Å². The van der Waals surface area contributed by atoms with E-state index >= 15 is 0 Å². The van der Waals surface area contributed by atoms with Gasteiger partial charge >= 0.3 is 6.03 Å². The molecule has 4 amide bonds. The van der Waals surface area contributed by atoms with E-state index in [0.29, 0.717) is 17.8 Å². The molecule has 31 heavy (non-hydrogen) atoms. The first-order valence-electron chi connectivity index (χ1n) is 9.78. The van der Waals surface area contributed by atoms with Crippen LogP contribution in [0.15, 0.2) is 78.9 Å². The normalized spacial score (nSPS) is 13.6. The van der Waals surface area contributed by atoms with Crippen LogP contribution in [0.3, 0.4) is 0 Å². The molecule has 0 bridgehead atoms. The number of halogens is 1. The quantitative estimate of drug-likeness (QED) is 0.616. The van der Waals surface area contributed by atoms with Gasteiger partial charge in [0, 0.05) is 17.8 Å². The van der Waals surface area contributed by atoms with E-state index in [1.807, 2.05) is 30.3 Å². The molecule has 1 aliphatic rings. The molecule has 0 saturated carbocycles. The predicted octanol–water partition coefficient (Wildman–Crippen LogP) is 4.04. The van der Waals surface area contributed by atoms with Crippen LogP contribution in [0.25, 0.3) is 0 Å². The number of imide groups is 1. The Bertz CT molecular complexity index is 1100. The van der Waals surface area contributed by atoms with Crippen molar-refractivity contribution in [3.63, 3.8) is 0 Å². The van der Waals surface area contributed by atoms with Gasteiger partial charge in [0.15, 0.2) is 0 Å². The average Bonchev–Trinajstić information content (AvgIpc) is 3.04. The summed E-state index contributed by atoms with van der Waals surface area (Å²) in [5.41, 5.74) is 2.60. The van der Waals surface area contributed by atoms with Crippen LogP contribution in [0.2, 0.25) is 0 Å². The Kier molecular flexibility index (Phi) is 5.75. The fourth-order valence-corrected chi connectivity index (χ4v) is 3.36. The first-order valence-corrected chi connectivity index (χ1v) is 9.78. The fourth-order valence-electron chi connectivity index (χ4n) is 3.36. The van der Waals surface area contributed by atoms with Crippen molar-refractivity contribution in [2.75, 3.05) is 11.9 Å². The first kappa shape index (κ1) is 20.3. The lowest BCUT2D eigenvalue weighted by molar-refractivity contribution is -0.125. The number of anilines is 1. The second kappa shape index (κ2) is 8.79. The second-order valence-electron chi connectivity index (χ2n) is 7.26. The molecule has 0 radical (unpaired) electrons. The summed E-state index contributed by atoms with van der Waals surface area (Å²) >= 11 is 0. The van der Waals surface area contributed by atoms with Gasteiger partial charge in [-0.2, -0.15) is 0 Å². The predicted molar refractivity (Wildman–Crippen MR) is 114 cm³/mol. The topological polar surface area (TPSA) is 69.7 Å². The van der Waals surface area contributed by atoms with Gasteiger partial charge in [0.25, 0.3) is 11.8 Å². The van der Waals surface area contributed by atoms with Gasteiger partial charge in [-0.3, -0.25) is 14.5 Å². The van der Waals surface area contributed by atoms with Gasteiger partial charge in [-0.25, -0.2) is 9.18 Å². The Labute approximate surface area is 178 Å². The highest BCUT2D eigenvalue weighted by atomic mass is 19.1. The van der Waals surface area contributed by atoms with E-state index in [4.69, 9.17) is 0 Å². The average molecular weight is 417 g/mol. The lowest BCUT2D eigenvalue weighted by Gasteiger charge is -2.17. The Morgan fingerprint density at radius 3 is 2.16 bits per heavy atom. The van der Waals surface area contributed by atoms with E-state index in [1.54, 1.807) is 24.3 Å². The summed E-state index contributed by atoms with van der Waals surface area (Å²) in [6.07, 6.45) is 0. The maximum atomic E-state index is 13.0. The monoisotopic (exact) mass is 417 g/mol. The SMILES string of the molecule is O=C(Nc1ccc(F)cc1)c1ccc(CN2C(=O)CN(Cc3ccccc3)C2=O)cc1. The lowest BCUT2D eigenvalue weighted by atomic mass is 10.1. The maximum Gasteiger partial charge on any atom is 0.327 e.